The lowest BCUT2D eigenvalue weighted by Gasteiger charge is -2.37. The summed E-state index contributed by atoms with van der Waals surface area (Å²) in [5, 5.41) is 19.1. The van der Waals surface area contributed by atoms with Gasteiger partial charge < -0.3 is 14.7 Å². The molecule has 36 heavy (non-hydrogen) atoms. The van der Waals surface area contributed by atoms with Crippen molar-refractivity contribution < 1.29 is 14.6 Å². The maximum atomic E-state index is 13.6. The Bertz CT molecular complexity index is 1250. The number of hydrogen-bond donors (Lipinski definition) is 1. The molecular weight excluding hydrogens is 456 g/mol. The van der Waals surface area contributed by atoms with E-state index in [-0.39, 0.29) is 36.5 Å². The Kier molecular flexibility index (Phi) is 7.88. The molecule has 0 aliphatic carbocycles. The molecule has 186 valence electrons. The van der Waals surface area contributed by atoms with Gasteiger partial charge in [-0.2, -0.15) is 5.26 Å². The smallest absolute Gasteiger partial charge is 0.259 e. The van der Waals surface area contributed by atoms with Crippen LogP contribution in [0.3, 0.4) is 0 Å². The minimum Gasteiger partial charge on any atom is -0.472 e. The van der Waals surface area contributed by atoms with Crippen molar-refractivity contribution in [3.8, 4) is 23.1 Å². The topological polar surface area (TPSA) is 115 Å². The Balaban J connectivity index is 1.67. The molecule has 4 rings (SSSR count). The normalized spacial score (nSPS) is 18.6. The van der Waals surface area contributed by atoms with Crippen LogP contribution < -0.4 is 4.74 Å². The number of ether oxygens (including phenoxy) is 1. The van der Waals surface area contributed by atoms with Gasteiger partial charge in [0.15, 0.2) is 0 Å². The molecule has 1 N–H and O–H groups in total. The van der Waals surface area contributed by atoms with Gasteiger partial charge in [0, 0.05) is 55.3 Å². The minimum atomic E-state index is -0.365. The fourth-order valence-electron chi connectivity index (χ4n) is 4.34. The fourth-order valence-corrected chi connectivity index (χ4v) is 4.34. The number of amides is 1. The van der Waals surface area contributed by atoms with Crippen molar-refractivity contribution in [2.75, 3.05) is 26.7 Å². The molecule has 1 aliphatic rings. The number of rotatable bonds is 7. The summed E-state index contributed by atoms with van der Waals surface area (Å²) in [6.45, 7) is 5.40. The summed E-state index contributed by atoms with van der Waals surface area (Å²) in [7, 11) is 2.00. The van der Waals surface area contributed by atoms with Gasteiger partial charge in [0.2, 0.25) is 5.88 Å². The molecule has 0 saturated heterocycles. The molecule has 2 aromatic heterocycles. The summed E-state index contributed by atoms with van der Waals surface area (Å²) >= 11 is 0. The number of nitrogens with zero attached hydrogens (tertiary/aromatic N) is 6. The third-order valence-corrected chi connectivity index (χ3v) is 6.40. The summed E-state index contributed by atoms with van der Waals surface area (Å²) in [5.41, 5.74) is 3.36. The molecule has 9 heteroatoms. The first-order valence-corrected chi connectivity index (χ1v) is 11.9. The second-order valence-corrected chi connectivity index (χ2v) is 9.34. The highest BCUT2D eigenvalue weighted by Gasteiger charge is 2.34. The Morgan fingerprint density at radius 2 is 2.03 bits per heavy atom. The van der Waals surface area contributed by atoms with Crippen LogP contribution in [0.15, 0.2) is 55.2 Å². The predicted octanol–water partition coefficient (Wildman–Crippen LogP) is 2.76. The van der Waals surface area contributed by atoms with E-state index in [4.69, 9.17) is 4.74 Å². The van der Waals surface area contributed by atoms with Crippen molar-refractivity contribution in [1.29, 1.82) is 5.26 Å². The van der Waals surface area contributed by atoms with E-state index < -0.39 is 0 Å². The van der Waals surface area contributed by atoms with E-state index >= 15 is 0 Å². The first kappa shape index (κ1) is 25.2. The van der Waals surface area contributed by atoms with E-state index in [9.17, 15) is 15.2 Å². The van der Waals surface area contributed by atoms with Gasteiger partial charge in [-0.1, -0.05) is 19.1 Å². The number of aliphatic hydroxyl groups is 1. The summed E-state index contributed by atoms with van der Waals surface area (Å²) < 4.78 is 6.38. The van der Waals surface area contributed by atoms with Crippen molar-refractivity contribution in [2.24, 2.45) is 5.92 Å². The van der Waals surface area contributed by atoms with Gasteiger partial charge in [-0.25, -0.2) is 15.0 Å². The van der Waals surface area contributed by atoms with Crippen LogP contribution in [0.2, 0.25) is 0 Å². The van der Waals surface area contributed by atoms with Gasteiger partial charge in [0.25, 0.3) is 5.91 Å². The molecule has 0 unspecified atom stereocenters. The second kappa shape index (κ2) is 11.2. The number of aliphatic hydroxyl groups excluding tert-OH is 1. The lowest BCUT2D eigenvalue weighted by molar-refractivity contribution is 0.0325. The molecule has 1 amide bonds. The first-order valence-electron chi connectivity index (χ1n) is 11.9. The van der Waals surface area contributed by atoms with E-state index in [1.807, 2.05) is 27.0 Å². The Morgan fingerprint density at radius 3 is 2.75 bits per heavy atom. The van der Waals surface area contributed by atoms with Crippen LogP contribution in [0.1, 0.15) is 35.3 Å². The van der Waals surface area contributed by atoms with E-state index in [1.165, 1.54) is 6.33 Å². The number of hydrogen-bond acceptors (Lipinski definition) is 8. The summed E-state index contributed by atoms with van der Waals surface area (Å²) in [6.07, 6.45) is 6.49. The monoisotopic (exact) mass is 486 g/mol. The number of fused-ring (bicyclic) bond motifs is 1. The Hall–Kier alpha value is -3.87. The maximum absolute atomic E-state index is 13.6. The molecule has 1 aliphatic heterocycles. The maximum Gasteiger partial charge on any atom is 0.259 e. The van der Waals surface area contributed by atoms with Crippen LogP contribution in [0.5, 0.6) is 5.88 Å². The average Bonchev–Trinajstić information content (AvgIpc) is 2.90. The SMILES string of the molecule is C[C@@H]1CN([C@H](C)CO)C(=O)c2cc(-c3cccc(C#N)c3)cnc2O[C@@H]1CN(C)Cc1cncnc1. The Labute approximate surface area is 211 Å². The molecule has 0 spiro atoms. The lowest BCUT2D eigenvalue weighted by Crippen LogP contribution is -2.49. The van der Waals surface area contributed by atoms with Crippen molar-refractivity contribution in [1.82, 2.24) is 24.8 Å². The quantitative estimate of drug-likeness (QED) is 0.542. The van der Waals surface area contributed by atoms with Gasteiger partial charge >= 0.3 is 0 Å². The average molecular weight is 487 g/mol. The molecule has 1 aromatic carbocycles. The van der Waals surface area contributed by atoms with Crippen molar-refractivity contribution in [3.05, 3.63) is 71.9 Å². The Morgan fingerprint density at radius 1 is 1.25 bits per heavy atom. The fraction of sp³-hybridized carbons (Fsp3) is 0.370. The molecule has 0 saturated carbocycles. The summed E-state index contributed by atoms with van der Waals surface area (Å²) in [4.78, 5) is 30.2. The zero-order valence-electron chi connectivity index (χ0n) is 20.7. The number of pyridine rings is 1. The third-order valence-electron chi connectivity index (χ3n) is 6.40. The van der Waals surface area contributed by atoms with E-state index in [1.54, 1.807) is 47.8 Å². The van der Waals surface area contributed by atoms with Crippen molar-refractivity contribution in [2.45, 2.75) is 32.5 Å². The zero-order valence-corrected chi connectivity index (χ0v) is 20.7. The second-order valence-electron chi connectivity index (χ2n) is 9.34. The first-order chi connectivity index (χ1) is 17.4. The summed E-state index contributed by atoms with van der Waals surface area (Å²) in [6, 6.07) is 10.7. The van der Waals surface area contributed by atoms with E-state index in [0.29, 0.717) is 36.3 Å². The highest BCUT2D eigenvalue weighted by molar-refractivity contribution is 5.98. The molecule has 3 heterocycles. The summed E-state index contributed by atoms with van der Waals surface area (Å²) in [5.74, 6) is 0.0140. The van der Waals surface area contributed by atoms with Gasteiger partial charge in [0.1, 0.15) is 18.0 Å². The highest BCUT2D eigenvalue weighted by Crippen LogP contribution is 2.30. The molecule has 0 fully saturated rings. The van der Waals surface area contributed by atoms with Crippen LogP contribution in [-0.4, -0.2) is 74.7 Å². The standard InChI is InChI=1S/C27H30N6O3/c1-18-13-33(19(2)16-34)27(35)24-8-23(22-6-4-5-20(7-22)9-28)12-31-26(24)36-25(18)15-32(3)14-21-10-29-17-30-11-21/h4-8,10-12,17-19,25,34H,13-16H2,1-3H3/t18-,19-,25-/m1/s1. The van der Waals surface area contributed by atoms with E-state index in [2.05, 4.69) is 25.9 Å². The minimum absolute atomic E-state index is 0.0145. The number of likely N-dealkylation sites (N-methyl/N-ethyl adjacent to an activating group) is 1. The molecular formula is C27H30N6O3. The predicted molar refractivity (Wildman–Crippen MR) is 134 cm³/mol. The van der Waals surface area contributed by atoms with Crippen LogP contribution in [0, 0.1) is 17.2 Å². The number of carbonyl (C=O) groups is 1. The van der Waals surface area contributed by atoms with Gasteiger partial charge in [-0.05, 0) is 37.7 Å². The molecule has 3 aromatic rings. The van der Waals surface area contributed by atoms with Crippen LogP contribution in [0.25, 0.3) is 11.1 Å². The van der Waals surface area contributed by atoms with E-state index in [0.717, 1.165) is 11.1 Å². The van der Waals surface area contributed by atoms with Gasteiger partial charge in [-0.15, -0.1) is 0 Å². The third kappa shape index (κ3) is 5.67. The molecule has 9 nitrogen and oxygen atoms in total. The van der Waals surface area contributed by atoms with Crippen molar-refractivity contribution in [3.63, 3.8) is 0 Å². The number of aromatic nitrogens is 3. The lowest BCUT2D eigenvalue weighted by atomic mass is 9.98. The highest BCUT2D eigenvalue weighted by atomic mass is 16.5. The van der Waals surface area contributed by atoms with Crippen LogP contribution in [-0.2, 0) is 6.54 Å². The number of benzene rings is 1. The zero-order chi connectivity index (χ0) is 25.7. The number of carbonyl (C=O) groups excluding carboxylic acids is 1. The largest absolute Gasteiger partial charge is 0.472 e. The van der Waals surface area contributed by atoms with Crippen LogP contribution in [0.4, 0.5) is 0 Å². The molecule has 3 atom stereocenters. The van der Waals surface area contributed by atoms with Gasteiger partial charge in [-0.3, -0.25) is 9.69 Å². The van der Waals surface area contributed by atoms with Crippen LogP contribution >= 0.6 is 0 Å². The number of nitriles is 1. The molecule has 0 bridgehead atoms. The van der Waals surface area contributed by atoms with Crippen molar-refractivity contribution >= 4 is 5.91 Å². The molecule has 0 radical (unpaired) electrons. The van der Waals surface area contributed by atoms with Gasteiger partial charge in [0.05, 0.1) is 24.3 Å².